The minimum atomic E-state index is -0.522. The summed E-state index contributed by atoms with van der Waals surface area (Å²) in [5, 5.41) is 13.4. The van der Waals surface area contributed by atoms with E-state index in [1.54, 1.807) is 24.4 Å². The van der Waals surface area contributed by atoms with Gasteiger partial charge in [-0.2, -0.15) is 0 Å². The molecule has 1 N–H and O–H groups in total. The van der Waals surface area contributed by atoms with Gasteiger partial charge in [0.2, 0.25) is 0 Å². The third kappa shape index (κ3) is 3.50. The van der Waals surface area contributed by atoms with Crippen LogP contribution in [0, 0.1) is 13.7 Å². The first-order chi connectivity index (χ1) is 9.58. The van der Waals surface area contributed by atoms with Crippen molar-refractivity contribution >= 4 is 34.2 Å². The van der Waals surface area contributed by atoms with E-state index >= 15 is 0 Å². The number of hydrogen-bond acceptors (Lipinski definition) is 4. The average molecular weight is 383 g/mol. The molecule has 102 valence electrons. The highest BCUT2D eigenvalue weighted by atomic mass is 127. The van der Waals surface area contributed by atoms with Crippen LogP contribution in [0.2, 0.25) is 0 Å². The minimum Gasteiger partial charge on any atom is -0.346 e. The Bertz CT molecular complexity index is 647. The summed E-state index contributed by atoms with van der Waals surface area (Å²) in [4.78, 5) is 26.3. The van der Waals surface area contributed by atoms with Crippen molar-refractivity contribution in [1.82, 2.24) is 10.3 Å². The van der Waals surface area contributed by atoms with Crippen LogP contribution in [0.3, 0.4) is 0 Å². The van der Waals surface area contributed by atoms with Gasteiger partial charge in [0.25, 0.3) is 11.6 Å². The maximum Gasteiger partial charge on any atom is 0.270 e. The molecule has 1 heterocycles. The molecule has 0 fully saturated rings. The van der Waals surface area contributed by atoms with Gasteiger partial charge in [-0.1, -0.05) is 6.07 Å². The second-order valence-electron chi connectivity index (χ2n) is 3.93. The van der Waals surface area contributed by atoms with Crippen LogP contribution >= 0.6 is 22.6 Å². The Kier molecular flexibility index (Phi) is 4.61. The van der Waals surface area contributed by atoms with Gasteiger partial charge in [-0.15, -0.1) is 0 Å². The number of rotatable bonds is 4. The Balaban J connectivity index is 2.13. The van der Waals surface area contributed by atoms with Gasteiger partial charge in [-0.05, 0) is 40.8 Å². The molecule has 0 aliphatic rings. The van der Waals surface area contributed by atoms with Crippen molar-refractivity contribution in [3.63, 3.8) is 0 Å². The van der Waals surface area contributed by atoms with Gasteiger partial charge in [-0.3, -0.25) is 19.9 Å². The predicted molar refractivity (Wildman–Crippen MR) is 81.2 cm³/mol. The van der Waals surface area contributed by atoms with Gasteiger partial charge in [0.05, 0.1) is 22.7 Å². The van der Waals surface area contributed by atoms with Crippen molar-refractivity contribution in [2.45, 2.75) is 6.54 Å². The molecule has 2 aromatic rings. The number of carbonyl (C=O) groups is 1. The third-order valence-electron chi connectivity index (χ3n) is 2.56. The number of amides is 1. The van der Waals surface area contributed by atoms with E-state index in [1.165, 1.54) is 12.1 Å². The van der Waals surface area contributed by atoms with Gasteiger partial charge >= 0.3 is 0 Å². The molecule has 0 radical (unpaired) electrons. The Labute approximate surface area is 128 Å². The molecule has 0 bridgehead atoms. The van der Waals surface area contributed by atoms with Gasteiger partial charge in [0.15, 0.2) is 0 Å². The molecular formula is C13H10IN3O3. The molecule has 1 amide bonds. The van der Waals surface area contributed by atoms with Crippen LogP contribution in [0.1, 0.15) is 16.1 Å². The Morgan fingerprint density at radius 2 is 2.15 bits per heavy atom. The largest absolute Gasteiger partial charge is 0.346 e. The molecule has 6 nitrogen and oxygen atoms in total. The van der Waals surface area contributed by atoms with Crippen LogP contribution < -0.4 is 5.32 Å². The number of non-ortho nitro benzene ring substituents is 1. The standard InChI is InChI=1S/C13H10IN3O3/c14-12-5-4-10(17(19)20)7-11(12)13(18)16-8-9-3-1-2-6-15-9/h1-7H,8H2,(H,16,18). The summed E-state index contributed by atoms with van der Waals surface area (Å²) in [5.41, 5.74) is 0.908. The van der Waals surface area contributed by atoms with E-state index in [0.29, 0.717) is 3.57 Å². The summed E-state index contributed by atoms with van der Waals surface area (Å²) < 4.78 is 0.659. The number of nitrogens with one attached hydrogen (secondary N) is 1. The van der Waals surface area contributed by atoms with Crippen molar-refractivity contribution in [1.29, 1.82) is 0 Å². The van der Waals surface area contributed by atoms with Crippen molar-refractivity contribution in [2.24, 2.45) is 0 Å². The summed E-state index contributed by atoms with van der Waals surface area (Å²) in [7, 11) is 0. The summed E-state index contributed by atoms with van der Waals surface area (Å²) in [5.74, 6) is -0.358. The first-order valence-electron chi connectivity index (χ1n) is 5.70. The maximum absolute atomic E-state index is 12.0. The smallest absolute Gasteiger partial charge is 0.270 e. The monoisotopic (exact) mass is 383 g/mol. The topological polar surface area (TPSA) is 85.1 Å². The van der Waals surface area contributed by atoms with Crippen LogP contribution in [0.15, 0.2) is 42.6 Å². The summed E-state index contributed by atoms with van der Waals surface area (Å²) in [6.07, 6.45) is 1.64. The minimum absolute atomic E-state index is 0.103. The van der Waals surface area contributed by atoms with E-state index in [0.717, 1.165) is 5.69 Å². The van der Waals surface area contributed by atoms with Gasteiger partial charge in [0.1, 0.15) is 0 Å². The van der Waals surface area contributed by atoms with Crippen molar-refractivity contribution < 1.29 is 9.72 Å². The lowest BCUT2D eigenvalue weighted by atomic mass is 10.2. The zero-order valence-electron chi connectivity index (χ0n) is 10.2. The van der Waals surface area contributed by atoms with Crippen LogP contribution in [0.4, 0.5) is 5.69 Å². The zero-order chi connectivity index (χ0) is 14.5. The highest BCUT2D eigenvalue weighted by Gasteiger charge is 2.15. The molecule has 0 atom stereocenters. The van der Waals surface area contributed by atoms with Crippen molar-refractivity contribution in [2.75, 3.05) is 0 Å². The number of aromatic nitrogens is 1. The molecule has 0 aliphatic carbocycles. The van der Waals surface area contributed by atoms with Crippen molar-refractivity contribution in [3.8, 4) is 0 Å². The molecule has 7 heteroatoms. The molecule has 0 saturated heterocycles. The number of halogens is 1. The average Bonchev–Trinajstić information content (AvgIpc) is 2.46. The van der Waals surface area contributed by atoms with E-state index in [9.17, 15) is 14.9 Å². The number of pyridine rings is 1. The van der Waals surface area contributed by atoms with E-state index in [-0.39, 0.29) is 23.7 Å². The van der Waals surface area contributed by atoms with Crippen LogP contribution in [0.25, 0.3) is 0 Å². The van der Waals surface area contributed by atoms with Crippen molar-refractivity contribution in [3.05, 3.63) is 67.5 Å². The third-order valence-corrected chi connectivity index (χ3v) is 3.50. The number of carbonyl (C=O) groups excluding carboxylic acids is 1. The first-order valence-corrected chi connectivity index (χ1v) is 6.78. The molecule has 0 unspecified atom stereocenters. The molecule has 0 aliphatic heterocycles. The van der Waals surface area contributed by atoms with Crippen LogP contribution in [-0.2, 0) is 6.54 Å². The number of nitrogens with zero attached hydrogens (tertiary/aromatic N) is 2. The summed E-state index contributed by atoms with van der Waals surface area (Å²) in [6, 6.07) is 9.60. The van der Waals surface area contributed by atoms with Gasteiger partial charge in [-0.25, -0.2) is 0 Å². The quantitative estimate of drug-likeness (QED) is 0.500. The molecule has 0 spiro atoms. The fourth-order valence-electron chi connectivity index (χ4n) is 1.57. The molecule has 1 aromatic heterocycles. The van der Waals surface area contributed by atoms with Gasteiger partial charge in [0, 0.05) is 21.9 Å². The van der Waals surface area contributed by atoms with E-state index < -0.39 is 4.92 Å². The summed E-state index contributed by atoms with van der Waals surface area (Å²) in [6.45, 7) is 0.276. The summed E-state index contributed by atoms with van der Waals surface area (Å²) >= 11 is 1.97. The lowest BCUT2D eigenvalue weighted by Gasteiger charge is -2.06. The van der Waals surface area contributed by atoms with E-state index in [4.69, 9.17) is 0 Å². The molecule has 20 heavy (non-hydrogen) atoms. The number of nitro groups is 1. The van der Waals surface area contributed by atoms with E-state index in [2.05, 4.69) is 10.3 Å². The first kappa shape index (κ1) is 14.4. The Morgan fingerprint density at radius 3 is 2.80 bits per heavy atom. The fraction of sp³-hybridized carbons (Fsp3) is 0.0769. The lowest BCUT2D eigenvalue weighted by Crippen LogP contribution is -2.24. The normalized spacial score (nSPS) is 10.1. The number of nitro benzene ring substituents is 1. The van der Waals surface area contributed by atoms with Gasteiger partial charge < -0.3 is 5.32 Å². The SMILES string of the molecule is O=C(NCc1ccccn1)c1cc([N+](=O)[O-])ccc1I. The highest BCUT2D eigenvalue weighted by molar-refractivity contribution is 14.1. The lowest BCUT2D eigenvalue weighted by molar-refractivity contribution is -0.384. The zero-order valence-corrected chi connectivity index (χ0v) is 12.4. The fourth-order valence-corrected chi connectivity index (χ4v) is 2.15. The molecule has 2 rings (SSSR count). The number of benzene rings is 1. The molecule has 1 aromatic carbocycles. The Hall–Kier alpha value is -2.03. The Morgan fingerprint density at radius 1 is 1.35 bits per heavy atom. The molecule has 0 saturated carbocycles. The predicted octanol–water partition coefficient (Wildman–Crippen LogP) is 2.52. The second-order valence-corrected chi connectivity index (χ2v) is 5.09. The van der Waals surface area contributed by atoms with Crippen LogP contribution in [0.5, 0.6) is 0 Å². The second kappa shape index (κ2) is 6.42. The maximum atomic E-state index is 12.0. The van der Waals surface area contributed by atoms with E-state index in [1.807, 2.05) is 28.7 Å². The molecular weight excluding hydrogens is 373 g/mol. The van der Waals surface area contributed by atoms with Crippen LogP contribution in [-0.4, -0.2) is 15.8 Å². The highest BCUT2D eigenvalue weighted by Crippen LogP contribution is 2.19. The number of hydrogen-bond donors (Lipinski definition) is 1.